The van der Waals surface area contributed by atoms with E-state index >= 15 is 0 Å². The summed E-state index contributed by atoms with van der Waals surface area (Å²) in [4.78, 5) is 28.5. The Balaban J connectivity index is 1.52. The highest BCUT2D eigenvalue weighted by Gasteiger charge is 2.48. The molecule has 43 heavy (non-hydrogen) atoms. The van der Waals surface area contributed by atoms with Gasteiger partial charge in [-0.05, 0) is 60.4 Å². The van der Waals surface area contributed by atoms with Crippen LogP contribution < -0.4 is 14.4 Å². The van der Waals surface area contributed by atoms with E-state index in [2.05, 4.69) is 17.1 Å². The number of ketones is 1. The minimum atomic E-state index is -0.925. The number of hydrogen-bond acceptors (Lipinski definition) is 9. The highest BCUT2D eigenvalue weighted by Crippen LogP contribution is 2.44. The molecule has 0 radical (unpaired) electrons. The van der Waals surface area contributed by atoms with E-state index in [1.165, 1.54) is 28.0 Å². The van der Waals surface area contributed by atoms with Crippen LogP contribution in [0.15, 0.2) is 88.8 Å². The molecule has 0 bridgehead atoms. The summed E-state index contributed by atoms with van der Waals surface area (Å²) in [5.74, 6) is 0.120. The summed E-state index contributed by atoms with van der Waals surface area (Å²) in [6.45, 7) is 5.22. The normalized spacial score (nSPS) is 16.0. The van der Waals surface area contributed by atoms with E-state index in [1.54, 1.807) is 30.3 Å². The maximum Gasteiger partial charge on any atom is 0.301 e. The lowest BCUT2D eigenvalue weighted by Crippen LogP contribution is -2.29. The monoisotopic (exact) mass is 615 g/mol. The zero-order valence-corrected chi connectivity index (χ0v) is 25.7. The van der Waals surface area contributed by atoms with Gasteiger partial charge in [0.25, 0.3) is 5.78 Å². The number of thioether (sulfide) groups is 1. The van der Waals surface area contributed by atoms with Crippen molar-refractivity contribution in [1.82, 2.24) is 10.2 Å². The maximum atomic E-state index is 13.6. The molecule has 3 aromatic carbocycles. The Morgan fingerprint density at radius 1 is 0.907 bits per heavy atom. The summed E-state index contributed by atoms with van der Waals surface area (Å²) < 4.78 is 12.3. The van der Waals surface area contributed by atoms with E-state index in [9.17, 15) is 14.7 Å². The van der Waals surface area contributed by atoms with E-state index in [0.29, 0.717) is 45.9 Å². The molecule has 1 aliphatic heterocycles. The van der Waals surface area contributed by atoms with Gasteiger partial charge in [0.15, 0.2) is 4.34 Å². The van der Waals surface area contributed by atoms with E-state index in [4.69, 9.17) is 9.47 Å². The van der Waals surface area contributed by atoms with E-state index in [-0.39, 0.29) is 16.5 Å². The fourth-order valence-corrected chi connectivity index (χ4v) is 6.44. The van der Waals surface area contributed by atoms with Crippen LogP contribution >= 0.6 is 23.1 Å². The number of rotatable bonds is 13. The zero-order valence-electron chi connectivity index (χ0n) is 24.1. The Morgan fingerprint density at radius 2 is 1.67 bits per heavy atom. The molecule has 1 fully saturated rings. The van der Waals surface area contributed by atoms with Crippen molar-refractivity contribution < 1.29 is 24.2 Å². The number of unbranched alkanes of at least 4 members (excludes halogenated alkanes) is 1. The van der Waals surface area contributed by atoms with Crippen molar-refractivity contribution in [2.24, 2.45) is 0 Å². The number of carbonyl (C=O) groups excluding carboxylic acids is 2. The smallest absolute Gasteiger partial charge is 0.301 e. The van der Waals surface area contributed by atoms with Crippen LogP contribution in [0.1, 0.15) is 55.8 Å². The Kier molecular flexibility index (Phi) is 10.1. The predicted molar refractivity (Wildman–Crippen MR) is 170 cm³/mol. The largest absolute Gasteiger partial charge is 0.507 e. The molecule has 1 saturated heterocycles. The molecule has 1 aliphatic rings. The maximum absolute atomic E-state index is 13.6. The van der Waals surface area contributed by atoms with Gasteiger partial charge in [-0.15, -0.1) is 10.2 Å². The van der Waals surface area contributed by atoms with Crippen LogP contribution in [0.5, 0.6) is 11.5 Å². The lowest BCUT2D eigenvalue weighted by molar-refractivity contribution is -0.132. The third-order valence-electron chi connectivity index (χ3n) is 6.79. The molecule has 1 unspecified atom stereocenters. The Hall–Kier alpha value is -4.15. The quantitative estimate of drug-likeness (QED) is 0.0414. The van der Waals surface area contributed by atoms with Crippen LogP contribution in [0.2, 0.25) is 0 Å². The van der Waals surface area contributed by atoms with Crippen molar-refractivity contribution in [2.45, 2.75) is 49.2 Å². The van der Waals surface area contributed by atoms with Gasteiger partial charge in [0.05, 0.1) is 24.8 Å². The summed E-state index contributed by atoms with van der Waals surface area (Å²) in [5, 5.41) is 20.4. The number of ether oxygens (including phenoxy) is 2. The second-order valence-electron chi connectivity index (χ2n) is 9.94. The van der Waals surface area contributed by atoms with Crippen molar-refractivity contribution in [3.8, 4) is 11.5 Å². The number of nitrogens with zero attached hydrogens (tertiary/aromatic N) is 3. The summed E-state index contributed by atoms with van der Waals surface area (Å²) >= 11 is 2.74. The van der Waals surface area contributed by atoms with Crippen molar-refractivity contribution in [3.05, 3.63) is 101 Å². The van der Waals surface area contributed by atoms with Gasteiger partial charge in [0.1, 0.15) is 17.3 Å². The van der Waals surface area contributed by atoms with Gasteiger partial charge < -0.3 is 14.6 Å². The molecular weight excluding hydrogens is 583 g/mol. The van der Waals surface area contributed by atoms with Crippen LogP contribution in [-0.2, 0) is 15.3 Å². The van der Waals surface area contributed by atoms with Gasteiger partial charge in [-0.3, -0.25) is 14.5 Å². The topological polar surface area (TPSA) is 102 Å². The number of aromatic nitrogens is 2. The van der Waals surface area contributed by atoms with E-state index in [0.717, 1.165) is 24.8 Å². The number of anilines is 1. The van der Waals surface area contributed by atoms with Crippen LogP contribution in [0, 0.1) is 0 Å². The summed E-state index contributed by atoms with van der Waals surface area (Å²) in [7, 11) is 0. The molecule has 1 amide bonds. The Bertz CT molecular complexity index is 1590. The number of aliphatic hydroxyl groups excluding tert-OH is 1. The average molecular weight is 616 g/mol. The fraction of sp³-hybridized carbons (Fsp3) is 0.273. The van der Waals surface area contributed by atoms with Crippen molar-refractivity contribution in [2.75, 3.05) is 18.1 Å². The SMILES string of the molecule is CCCCOc1cccc(C2/C(=C(\O)c3ccc(OCCC)cc3)C(=O)C(=O)N2c2nnc(SCc3ccccc3)s2)c1. The molecule has 8 nitrogen and oxygen atoms in total. The summed E-state index contributed by atoms with van der Waals surface area (Å²) in [5.41, 5.74) is 2.13. The third kappa shape index (κ3) is 7.09. The molecule has 0 aliphatic carbocycles. The van der Waals surface area contributed by atoms with Gasteiger partial charge >= 0.3 is 5.91 Å². The van der Waals surface area contributed by atoms with Gasteiger partial charge in [-0.2, -0.15) is 0 Å². The Labute approximate surface area is 259 Å². The molecule has 1 atom stereocenters. The van der Waals surface area contributed by atoms with Crippen molar-refractivity contribution in [1.29, 1.82) is 0 Å². The van der Waals surface area contributed by atoms with E-state index < -0.39 is 17.7 Å². The Morgan fingerprint density at radius 3 is 2.42 bits per heavy atom. The molecule has 0 saturated carbocycles. The first-order chi connectivity index (χ1) is 21.0. The molecule has 222 valence electrons. The summed E-state index contributed by atoms with van der Waals surface area (Å²) in [6, 6.07) is 23.2. The first-order valence-electron chi connectivity index (χ1n) is 14.3. The highest BCUT2D eigenvalue weighted by atomic mass is 32.2. The van der Waals surface area contributed by atoms with E-state index in [1.807, 2.05) is 55.5 Å². The second kappa shape index (κ2) is 14.3. The van der Waals surface area contributed by atoms with Crippen LogP contribution in [-0.4, -0.2) is 40.2 Å². The standard InChI is InChI=1S/C33H33N3O5S2/c1-3-5-19-41-26-13-9-12-24(20-26)28-27(29(37)23-14-16-25(17-15-23)40-18-4-2)30(38)31(39)36(28)32-34-35-33(43-32)42-21-22-10-7-6-8-11-22/h6-17,20,28,37H,3-5,18-19,21H2,1-2H3/b29-27+. The predicted octanol–water partition coefficient (Wildman–Crippen LogP) is 7.42. The molecule has 2 heterocycles. The van der Waals surface area contributed by atoms with Crippen LogP contribution in [0.25, 0.3) is 5.76 Å². The van der Waals surface area contributed by atoms with Gasteiger partial charge in [-0.25, -0.2) is 0 Å². The molecule has 10 heteroatoms. The van der Waals surface area contributed by atoms with Gasteiger partial charge in [-0.1, -0.05) is 85.8 Å². The fourth-order valence-electron chi connectivity index (χ4n) is 4.62. The number of hydrogen-bond donors (Lipinski definition) is 1. The molecule has 5 rings (SSSR count). The first-order valence-corrected chi connectivity index (χ1v) is 16.1. The number of carbonyl (C=O) groups is 2. The minimum Gasteiger partial charge on any atom is -0.507 e. The molecule has 1 N–H and O–H groups in total. The second-order valence-corrected chi connectivity index (χ2v) is 12.1. The van der Waals surface area contributed by atoms with Crippen LogP contribution in [0.4, 0.5) is 5.13 Å². The number of aliphatic hydroxyl groups is 1. The molecule has 0 spiro atoms. The summed E-state index contributed by atoms with van der Waals surface area (Å²) in [6.07, 6.45) is 2.75. The number of benzene rings is 3. The molecular formula is C33H33N3O5S2. The highest BCUT2D eigenvalue weighted by molar-refractivity contribution is 8.00. The lowest BCUT2D eigenvalue weighted by atomic mass is 9.95. The minimum absolute atomic E-state index is 0.0216. The first kappa shape index (κ1) is 30.3. The zero-order chi connectivity index (χ0) is 30.2. The van der Waals surface area contributed by atoms with Crippen molar-refractivity contribution in [3.63, 3.8) is 0 Å². The number of amides is 1. The molecule has 4 aromatic rings. The molecule has 1 aromatic heterocycles. The average Bonchev–Trinajstić information content (AvgIpc) is 3.61. The van der Waals surface area contributed by atoms with Crippen LogP contribution in [0.3, 0.4) is 0 Å². The van der Waals surface area contributed by atoms with Crippen molar-refractivity contribution >= 4 is 45.7 Å². The lowest BCUT2D eigenvalue weighted by Gasteiger charge is -2.23. The van der Waals surface area contributed by atoms with Gasteiger partial charge in [0.2, 0.25) is 5.13 Å². The van der Waals surface area contributed by atoms with Gasteiger partial charge in [0, 0.05) is 11.3 Å². The number of Topliss-reactive ketones (excluding diaryl/α,β-unsaturated/α-hetero) is 1. The third-order valence-corrected chi connectivity index (χ3v) is 8.92.